The van der Waals surface area contributed by atoms with Gasteiger partial charge in [-0.2, -0.15) is 0 Å². The van der Waals surface area contributed by atoms with E-state index in [0.29, 0.717) is 22.8 Å². The summed E-state index contributed by atoms with van der Waals surface area (Å²) >= 11 is 0. The van der Waals surface area contributed by atoms with E-state index in [1.165, 1.54) is 31.6 Å². The monoisotopic (exact) mass is 450 g/mol. The Bertz CT molecular complexity index is 1190. The van der Waals surface area contributed by atoms with Crippen molar-refractivity contribution >= 4 is 34.6 Å². The van der Waals surface area contributed by atoms with Gasteiger partial charge >= 0.3 is 0 Å². The first-order chi connectivity index (χ1) is 16.0. The third-order valence-corrected chi connectivity index (χ3v) is 5.33. The first-order valence-electron chi connectivity index (χ1n) is 10.3. The predicted molar refractivity (Wildman–Crippen MR) is 122 cm³/mol. The molecule has 10 nitrogen and oxygen atoms in total. The second kappa shape index (κ2) is 9.43. The molecule has 0 radical (unpaired) electrons. The highest BCUT2D eigenvalue weighted by Crippen LogP contribution is 2.33. The van der Waals surface area contributed by atoms with Crippen LogP contribution in [-0.4, -0.2) is 36.9 Å². The summed E-state index contributed by atoms with van der Waals surface area (Å²) in [6.07, 6.45) is 3.35. The number of carbonyl (C=O) groups is 2. The van der Waals surface area contributed by atoms with Crippen LogP contribution in [0.5, 0.6) is 5.75 Å². The lowest BCUT2D eigenvalue weighted by molar-refractivity contribution is -0.384. The summed E-state index contributed by atoms with van der Waals surface area (Å²) in [6, 6.07) is 12.3. The molecule has 3 aromatic rings. The lowest BCUT2D eigenvalue weighted by Gasteiger charge is -2.18. The van der Waals surface area contributed by atoms with Gasteiger partial charge in [0, 0.05) is 30.4 Å². The average molecular weight is 450 g/mol. The Morgan fingerprint density at radius 1 is 1.06 bits per heavy atom. The van der Waals surface area contributed by atoms with Gasteiger partial charge in [0.25, 0.3) is 17.5 Å². The summed E-state index contributed by atoms with van der Waals surface area (Å²) < 4.78 is 10.4. The molecule has 1 saturated heterocycles. The molecule has 0 unspecified atom stereocenters. The van der Waals surface area contributed by atoms with E-state index in [4.69, 9.17) is 9.15 Å². The van der Waals surface area contributed by atoms with E-state index >= 15 is 0 Å². The maximum absolute atomic E-state index is 12.9. The standard InChI is InChI=1S/C23H22N4O6/c1-32-20-9-7-16(24-23(29)21-5-4-12-33-21)14-17(20)25-22(28)15-6-8-18(19(13-15)27(30)31)26-10-2-3-11-26/h4-9,12-14H,2-3,10-11H2,1H3,(H,24,29)(H,25,28). The Hall–Kier alpha value is -4.34. The lowest BCUT2D eigenvalue weighted by Crippen LogP contribution is -2.20. The first kappa shape index (κ1) is 21.9. The fourth-order valence-corrected chi connectivity index (χ4v) is 3.71. The molecule has 10 heteroatoms. The number of nitro benzene ring substituents is 1. The van der Waals surface area contributed by atoms with Crippen molar-refractivity contribution in [3.05, 3.63) is 76.2 Å². The van der Waals surface area contributed by atoms with Crippen LogP contribution in [0, 0.1) is 10.1 Å². The Morgan fingerprint density at radius 2 is 1.85 bits per heavy atom. The van der Waals surface area contributed by atoms with Crippen LogP contribution < -0.4 is 20.3 Å². The maximum atomic E-state index is 12.9. The molecule has 0 aliphatic carbocycles. The number of amides is 2. The van der Waals surface area contributed by atoms with E-state index in [9.17, 15) is 19.7 Å². The number of nitrogens with one attached hydrogen (secondary N) is 2. The molecule has 170 valence electrons. The van der Waals surface area contributed by atoms with Crippen LogP contribution in [0.4, 0.5) is 22.7 Å². The van der Waals surface area contributed by atoms with E-state index < -0.39 is 16.7 Å². The van der Waals surface area contributed by atoms with Crippen LogP contribution in [0.2, 0.25) is 0 Å². The van der Waals surface area contributed by atoms with Gasteiger partial charge in [0.1, 0.15) is 11.4 Å². The fraction of sp³-hybridized carbons (Fsp3) is 0.217. The molecule has 2 amide bonds. The highest BCUT2D eigenvalue weighted by molar-refractivity contribution is 6.07. The molecular formula is C23H22N4O6. The van der Waals surface area contributed by atoms with Crippen LogP contribution in [0.25, 0.3) is 0 Å². The normalized spacial score (nSPS) is 12.9. The SMILES string of the molecule is COc1ccc(NC(=O)c2ccco2)cc1NC(=O)c1ccc(N2CCCC2)c([N+](=O)[O-])c1. The van der Waals surface area contributed by atoms with E-state index in [-0.39, 0.29) is 17.0 Å². The second-order valence-electron chi connectivity index (χ2n) is 7.46. The Balaban J connectivity index is 1.56. The van der Waals surface area contributed by atoms with Gasteiger partial charge in [-0.3, -0.25) is 19.7 Å². The summed E-state index contributed by atoms with van der Waals surface area (Å²) in [7, 11) is 1.45. The molecule has 1 aliphatic heterocycles. The average Bonchev–Trinajstić information content (AvgIpc) is 3.53. The van der Waals surface area contributed by atoms with E-state index in [0.717, 1.165) is 25.9 Å². The molecule has 1 aliphatic rings. The number of benzene rings is 2. The number of methoxy groups -OCH3 is 1. The van der Waals surface area contributed by atoms with E-state index in [1.54, 1.807) is 30.3 Å². The van der Waals surface area contributed by atoms with Gasteiger partial charge in [-0.25, -0.2) is 0 Å². The lowest BCUT2D eigenvalue weighted by atomic mass is 10.1. The Morgan fingerprint density at radius 3 is 2.52 bits per heavy atom. The first-order valence-corrected chi connectivity index (χ1v) is 10.3. The highest BCUT2D eigenvalue weighted by atomic mass is 16.6. The quantitative estimate of drug-likeness (QED) is 0.406. The van der Waals surface area contributed by atoms with Crippen molar-refractivity contribution in [3.8, 4) is 5.75 Å². The maximum Gasteiger partial charge on any atom is 0.293 e. The molecule has 1 aromatic heterocycles. The minimum absolute atomic E-state index is 0.115. The summed E-state index contributed by atoms with van der Waals surface area (Å²) in [5.74, 6) is -0.487. The highest BCUT2D eigenvalue weighted by Gasteiger charge is 2.24. The molecule has 0 atom stereocenters. The van der Waals surface area contributed by atoms with E-state index in [1.807, 2.05) is 4.90 Å². The number of nitro groups is 1. The number of nitrogens with zero attached hydrogens (tertiary/aromatic N) is 2. The van der Waals surface area contributed by atoms with Crippen LogP contribution >= 0.6 is 0 Å². The summed E-state index contributed by atoms with van der Waals surface area (Å²) in [4.78, 5) is 38.3. The minimum Gasteiger partial charge on any atom is -0.495 e. The zero-order chi connectivity index (χ0) is 23.4. The number of ether oxygens (including phenoxy) is 1. The zero-order valence-electron chi connectivity index (χ0n) is 17.9. The zero-order valence-corrected chi connectivity index (χ0v) is 17.9. The van der Waals surface area contributed by atoms with Crippen molar-refractivity contribution in [2.75, 3.05) is 35.7 Å². The largest absolute Gasteiger partial charge is 0.495 e. The van der Waals surface area contributed by atoms with Gasteiger partial charge in [0.2, 0.25) is 0 Å². The van der Waals surface area contributed by atoms with Gasteiger partial charge in [0.05, 0.1) is 24.0 Å². The smallest absolute Gasteiger partial charge is 0.293 e. The molecular weight excluding hydrogens is 428 g/mol. The second-order valence-corrected chi connectivity index (χ2v) is 7.46. The van der Waals surface area contributed by atoms with Crippen LogP contribution in [0.3, 0.4) is 0 Å². The van der Waals surface area contributed by atoms with Gasteiger partial charge in [0.15, 0.2) is 5.76 Å². The molecule has 0 spiro atoms. The number of hydrogen-bond acceptors (Lipinski definition) is 7. The minimum atomic E-state index is -0.543. The van der Waals surface area contributed by atoms with Gasteiger partial charge in [-0.15, -0.1) is 0 Å². The molecule has 2 N–H and O–H groups in total. The molecule has 4 rings (SSSR count). The number of furan rings is 1. The molecule has 2 aromatic carbocycles. The van der Waals surface area contributed by atoms with Crippen molar-refractivity contribution in [1.82, 2.24) is 0 Å². The summed E-state index contributed by atoms with van der Waals surface area (Å²) in [5, 5.41) is 17.0. The molecule has 2 heterocycles. The van der Waals surface area contributed by atoms with Crippen molar-refractivity contribution in [3.63, 3.8) is 0 Å². The van der Waals surface area contributed by atoms with Gasteiger partial charge < -0.3 is 24.7 Å². The number of hydrogen-bond donors (Lipinski definition) is 2. The summed E-state index contributed by atoms with van der Waals surface area (Å²) in [6.45, 7) is 1.50. The van der Waals surface area contributed by atoms with E-state index in [2.05, 4.69) is 10.6 Å². The molecule has 0 bridgehead atoms. The Kier molecular flexibility index (Phi) is 6.25. The number of carbonyl (C=O) groups excluding carboxylic acids is 2. The topological polar surface area (TPSA) is 127 Å². The summed E-state index contributed by atoms with van der Waals surface area (Å²) in [5.41, 5.74) is 1.23. The van der Waals surface area contributed by atoms with Crippen molar-refractivity contribution in [2.45, 2.75) is 12.8 Å². The van der Waals surface area contributed by atoms with Crippen molar-refractivity contribution in [2.24, 2.45) is 0 Å². The molecule has 33 heavy (non-hydrogen) atoms. The number of rotatable bonds is 7. The predicted octanol–water partition coefficient (Wildman–Crippen LogP) is 4.30. The van der Waals surface area contributed by atoms with Crippen molar-refractivity contribution < 1.29 is 23.7 Å². The third-order valence-electron chi connectivity index (χ3n) is 5.33. The van der Waals surface area contributed by atoms with Crippen LogP contribution in [0.15, 0.2) is 59.2 Å². The Labute approximate surface area is 189 Å². The van der Waals surface area contributed by atoms with Gasteiger partial charge in [-0.1, -0.05) is 0 Å². The third kappa shape index (κ3) is 4.79. The number of anilines is 3. The molecule has 1 fully saturated rings. The van der Waals surface area contributed by atoms with Crippen LogP contribution in [0.1, 0.15) is 33.8 Å². The molecule has 0 saturated carbocycles. The van der Waals surface area contributed by atoms with Crippen LogP contribution in [-0.2, 0) is 0 Å². The fourth-order valence-electron chi connectivity index (χ4n) is 3.71. The van der Waals surface area contributed by atoms with Gasteiger partial charge in [-0.05, 0) is 55.3 Å². The van der Waals surface area contributed by atoms with Crippen molar-refractivity contribution in [1.29, 1.82) is 0 Å².